The number of hydrogen-bond donors (Lipinski definition) is 1. The fourth-order valence-electron chi connectivity index (χ4n) is 2.07. The van der Waals surface area contributed by atoms with Gasteiger partial charge in [-0.25, -0.2) is 4.39 Å². The quantitative estimate of drug-likeness (QED) is 0.842. The average molecular weight is 258 g/mol. The Hall–Kier alpha value is -2.03. The summed E-state index contributed by atoms with van der Waals surface area (Å²) in [5.74, 6) is -0.268. The molecule has 19 heavy (non-hydrogen) atoms. The van der Waals surface area contributed by atoms with Gasteiger partial charge in [-0.15, -0.1) is 0 Å². The molecule has 2 rings (SSSR count). The first-order valence-electron chi connectivity index (χ1n) is 6.41. The van der Waals surface area contributed by atoms with Gasteiger partial charge in [0.25, 0.3) is 0 Å². The Morgan fingerprint density at radius 2 is 1.79 bits per heavy atom. The summed E-state index contributed by atoms with van der Waals surface area (Å²) in [6.07, 6.45) is 1.02. The number of halogens is 1. The smallest absolute Gasteiger partial charge is 0.128 e. The van der Waals surface area contributed by atoms with Crippen LogP contribution in [0.5, 0.6) is 0 Å². The second-order valence-corrected chi connectivity index (χ2v) is 4.74. The third kappa shape index (κ3) is 2.70. The lowest BCUT2D eigenvalue weighted by atomic mass is 10.1. The molecule has 0 aliphatic rings. The van der Waals surface area contributed by atoms with Crippen molar-refractivity contribution in [3.8, 4) is 0 Å². The highest BCUT2D eigenvalue weighted by molar-refractivity contribution is 5.75. The van der Waals surface area contributed by atoms with Crippen LogP contribution in [0, 0.1) is 12.7 Å². The van der Waals surface area contributed by atoms with Crippen molar-refractivity contribution in [1.29, 1.82) is 0 Å². The number of nitrogens with zero attached hydrogens (tertiary/aromatic N) is 1. The summed E-state index contributed by atoms with van der Waals surface area (Å²) in [6.45, 7) is 3.87. The second-order valence-electron chi connectivity index (χ2n) is 4.74. The number of nitrogen functional groups attached to an aromatic ring is 1. The van der Waals surface area contributed by atoms with Crippen molar-refractivity contribution in [2.45, 2.75) is 20.3 Å². The Kier molecular flexibility index (Phi) is 3.74. The standard InChI is InChI=1S/C16H19FN2/c1-4-12-5-7-13(8-6-12)19(3)16-9-11(2)14(17)10-15(16)18/h5-10H,4,18H2,1-3H3. The van der Waals surface area contributed by atoms with Crippen LogP contribution in [0.4, 0.5) is 21.5 Å². The summed E-state index contributed by atoms with van der Waals surface area (Å²) in [7, 11) is 1.93. The summed E-state index contributed by atoms with van der Waals surface area (Å²) in [5, 5.41) is 0. The molecular formula is C16H19FN2. The molecular weight excluding hydrogens is 239 g/mol. The van der Waals surface area contributed by atoms with Gasteiger partial charge in [0.1, 0.15) is 5.82 Å². The minimum absolute atomic E-state index is 0.268. The lowest BCUT2D eigenvalue weighted by molar-refractivity contribution is 0.619. The molecule has 0 unspecified atom stereocenters. The highest BCUT2D eigenvalue weighted by Gasteiger charge is 2.10. The SMILES string of the molecule is CCc1ccc(N(C)c2cc(C)c(F)cc2N)cc1. The van der Waals surface area contributed by atoms with E-state index in [0.29, 0.717) is 11.3 Å². The van der Waals surface area contributed by atoms with E-state index in [9.17, 15) is 4.39 Å². The monoisotopic (exact) mass is 258 g/mol. The van der Waals surface area contributed by atoms with Crippen molar-refractivity contribution in [2.24, 2.45) is 0 Å². The van der Waals surface area contributed by atoms with Crippen LogP contribution in [0.15, 0.2) is 36.4 Å². The van der Waals surface area contributed by atoms with Gasteiger partial charge in [0.15, 0.2) is 0 Å². The van der Waals surface area contributed by atoms with Crippen molar-refractivity contribution in [2.75, 3.05) is 17.7 Å². The van der Waals surface area contributed by atoms with Gasteiger partial charge in [-0.2, -0.15) is 0 Å². The molecule has 3 heteroatoms. The van der Waals surface area contributed by atoms with Gasteiger partial charge < -0.3 is 10.6 Å². The van der Waals surface area contributed by atoms with Crippen LogP contribution in [0.2, 0.25) is 0 Å². The van der Waals surface area contributed by atoms with Crippen molar-refractivity contribution in [1.82, 2.24) is 0 Å². The van der Waals surface area contributed by atoms with Crippen LogP contribution in [0.1, 0.15) is 18.1 Å². The average Bonchev–Trinajstić information content (AvgIpc) is 2.42. The zero-order valence-electron chi connectivity index (χ0n) is 11.6. The van der Waals surface area contributed by atoms with Crippen molar-refractivity contribution in [3.05, 3.63) is 53.3 Å². The minimum atomic E-state index is -0.268. The highest BCUT2D eigenvalue weighted by Crippen LogP contribution is 2.31. The normalized spacial score (nSPS) is 10.5. The van der Waals surface area contributed by atoms with E-state index in [2.05, 4.69) is 31.2 Å². The maximum Gasteiger partial charge on any atom is 0.128 e. The van der Waals surface area contributed by atoms with E-state index in [0.717, 1.165) is 17.8 Å². The van der Waals surface area contributed by atoms with Crippen molar-refractivity contribution >= 4 is 17.1 Å². The molecule has 0 heterocycles. The Labute approximate surface area is 113 Å². The lowest BCUT2D eigenvalue weighted by Crippen LogP contribution is -2.12. The first-order valence-corrected chi connectivity index (χ1v) is 6.41. The van der Waals surface area contributed by atoms with Crippen LogP contribution in [0.25, 0.3) is 0 Å². The van der Waals surface area contributed by atoms with Crippen LogP contribution in [-0.4, -0.2) is 7.05 Å². The molecule has 0 aliphatic heterocycles. The topological polar surface area (TPSA) is 29.3 Å². The zero-order chi connectivity index (χ0) is 14.0. The Morgan fingerprint density at radius 1 is 1.16 bits per heavy atom. The van der Waals surface area contributed by atoms with Crippen LogP contribution < -0.4 is 10.6 Å². The fraction of sp³-hybridized carbons (Fsp3) is 0.250. The van der Waals surface area contributed by atoms with E-state index < -0.39 is 0 Å². The Bertz CT molecular complexity index is 576. The minimum Gasteiger partial charge on any atom is -0.397 e. The van der Waals surface area contributed by atoms with E-state index in [-0.39, 0.29) is 5.82 Å². The zero-order valence-corrected chi connectivity index (χ0v) is 11.6. The van der Waals surface area contributed by atoms with Gasteiger partial charge in [0.2, 0.25) is 0 Å². The van der Waals surface area contributed by atoms with E-state index in [1.165, 1.54) is 11.6 Å². The van der Waals surface area contributed by atoms with Gasteiger partial charge in [-0.3, -0.25) is 0 Å². The molecule has 0 saturated heterocycles. The number of hydrogen-bond acceptors (Lipinski definition) is 2. The largest absolute Gasteiger partial charge is 0.397 e. The van der Waals surface area contributed by atoms with E-state index in [1.807, 2.05) is 11.9 Å². The van der Waals surface area contributed by atoms with E-state index in [1.54, 1.807) is 13.0 Å². The highest BCUT2D eigenvalue weighted by atomic mass is 19.1. The third-order valence-corrected chi connectivity index (χ3v) is 3.40. The van der Waals surface area contributed by atoms with Gasteiger partial charge in [0.05, 0.1) is 11.4 Å². The fourth-order valence-corrected chi connectivity index (χ4v) is 2.07. The van der Waals surface area contributed by atoms with Gasteiger partial charge in [0, 0.05) is 12.7 Å². The van der Waals surface area contributed by atoms with E-state index >= 15 is 0 Å². The first-order chi connectivity index (χ1) is 9.02. The molecule has 0 saturated carbocycles. The summed E-state index contributed by atoms with van der Waals surface area (Å²) in [4.78, 5) is 1.97. The molecule has 2 N–H and O–H groups in total. The molecule has 100 valence electrons. The molecule has 0 fully saturated rings. The van der Waals surface area contributed by atoms with Crippen LogP contribution >= 0.6 is 0 Å². The molecule has 0 bridgehead atoms. The lowest BCUT2D eigenvalue weighted by Gasteiger charge is -2.22. The molecule has 0 atom stereocenters. The maximum absolute atomic E-state index is 13.4. The third-order valence-electron chi connectivity index (χ3n) is 3.40. The molecule has 0 spiro atoms. The summed E-state index contributed by atoms with van der Waals surface area (Å²) in [5.41, 5.74) is 10.1. The van der Waals surface area contributed by atoms with Crippen molar-refractivity contribution < 1.29 is 4.39 Å². The molecule has 2 aromatic rings. The number of rotatable bonds is 3. The predicted octanol–water partition coefficient (Wildman–Crippen LogP) is 4.05. The summed E-state index contributed by atoms with van der Waals surface area (Å²) >= 11 is 0. The molecule has 2 nitrogen and oxygen atoms in total. The first kappa shape index (κ1) is 13.4. The maximum atomic E-state index is 13.4. The molecule has 2 aromatic carbocycles. The van der Waals surface area contributed by atoms with Crippen LogP contribution in [0.3, 0.4) is 0 Å². The summed E-state index contributed by atoms with van der Waals surface area (Å²) in [6, 6.07) is 11.4. The van der Waals surface area contributed by atoms with Crippen molar-refractivity contribution in [3.63, 3.8) is 0 Å². The van der Waals surface area contributed by atoms with E-state index in [4.69, 9.17) is 5.73 Å². The van der Waals surface area contributed by atoms with Gasteiger partial charge in [-0.05, 0) is 48.7 Å². The van der Waals surface area contributed by atoms with Gasteiger partial charge >= 0.3 is 0 Å². The summed E-state index contributed by atoms with van der Waals surface area (Å²) < 4.78 is 13.4. The Balaban J connectivity index is 2.37. The number of aryl methyl sites for hydroxylation is 2. The number of anilines is 3. The predicted molar refractivity (Wildman–Crippen MR) is 79.4 cm³/mol. The second kappa shape index (κ2) is 5.31. The molecule has 0 aromatic heterocycles. The number of nitrogens with two attached hydrogens (primary N) is 1. The molecule has 0 aliphatic carbocycles. The van der Waals surface area contributed by atoms with Gasteiger partial charge in [-0.1, -0.05) is 19.1 Å². The van der Waals surface area contributed by atoms with Crippen LogP contribution in [-0.2, 0) is 6.42 Å². The Morgan fingerprint density at radius 3 is 2.37 bits per heavy atom. The molecule has 0 radical (unpaired) electrons. The molecule has 0 amide bonds. The number of benzene rings is 2.